The molecule has 0 unspecified atom stereocenters. The Labute approximate surface area is 151 Å². The van der Waals surface area contributed by atoms with Crippen molar-refractivity contribution in [1.29, 1.82) is 0 Å². The molecule has 1 heterocycles. The molecule has 0 atom stereocenters. The maximum Gasteiger partial charge on any atom is 0.214 e. The van der Waals surface area contributed by atoms with Gasteiger partial charge in [-0.2, -0.15) is 4.31 Å². The van der Waals surface area contributed by atoms with Crippen molar-refractivity contribution in [2.45, 2.75) is 20.3 Å². The normalized spacial score (nSPS) is 16.2. The van der Waals surface area contributed by atoms with Gasteiger partial charge in [0.25, 0.3) is 0 Å². The van der Waals surface area contributed by atoms with Crippen LogP contribution in [-0.2, 0) is 16.4 Å². The molecule has 2 aromatic carbocycles. The molecule has 5 heteroatoms. The predicted molar refractivity (Wildman–Crippen MR) is 104 cm³/mol. The number of sulfonamides is 1. The number of hydrogen-bond donors (Lipinski definition) is 0. The molecule has 1 aliphatic heterocycles. The van der Waals surface area contributed by atoms with E-state index in [9.17, 15) is 8.42 Å². The Morgan fingerprint density at radius 3 is 2.28 bits per heavy atom. The lowest BCUT2D eigenvalue weighted by molar-refractivity contribution is 0.384. The fourth-order valence-corrected chi connectivity index (χ4v) is 4.76. The molecular formula is C20H26N2O2S. The standard InChI is InChI=1S/C20H26N2O2S/c1-17-8-9-18(2)20(16-17)21-11-13-22(14-12-21)25(23,24)15-10-19-6-4-3-5-7-19/h3-9,16H,10-15H2,1-2H3. The van der Waals surface area contributed by atoms with Gasteiger partial charge in [-0.15, -0.1) is 0 Å². The summed E-state index contributed by atoms with van der Waals surface area (Å²) in [5.41, 5.74) is 4.77. The first-order chi connectivity index (χ1) is 12.0. The quantitative estimate of drug-likeness (QED) is 0.825. The summed E-state index contributed by atoms with van der Waals surface area (Å²) in [4.78, 5) is 2.30. The third kappa shape index (κ3) is 4.41. The molecule has 0 saturated carbocycles. The summed E-state index contributed by atoms with van der Waals surface area (Å²) in [6.07, 6.45) is 0.570. The molecular weight excluding hydrogens is 332 g/mol. The lowest BCUT2D eigenvalue weighted by Crippen LogP contribution is -2.49. The Kier molecular flexibility index (Phi) is 5.45. The highest BCUT2D eigenvalue weighted by Crippen LogP contribution is 2.23. The molecule has 2 aromatic rings. The number of benzene rings is 2. The number of aryl methyl sites for hydroxylation is 3. The number of rotatable bonds is 5. The van der Waals surface area contributed by atoms with Crippen LogP contribution in [0.4, 0.5) is 5.69 Å². The molecule has 0 N–H and O–H groups in total. The van der Waals surface area contributed by atoms with Crippen LogP contribution in [-0.4, -0.2) is 44.7 Å². The second-order valence-electron chi connectivity index (χ2n) is 6.73. The van der Waals surface area contributed by atoms with Crippen LogP contribution in [0.1, 0.15) is 16.7 Å². The second-order valence-corrected chi connectivity index (χ2v) is 8.82. The van der Waals surface area contributed by atoms with Gasteiger partial charge in [-0.3, -0.25) is 0 Å². The summed E-state index contributed by atoms with van der Waals surface area (Å²) >= 11 is 0. The van der Waals surface area contributed by atoms with Gasteiger partial charge in [0, 0.05) is 31.9 Å². The second kappa shape index (κ2) is 7.58. The van der Waals surface area contributed by atoms with Crippen molar-refractivity contribution < 1.29 is 8.42 Å². The largest absolute Gasteiger partial charge is 0.369 e. The molecule has 1 saturated heterocycles. The van der Waals surface area contributed by atoms with Crippen LogP contribution in [0.5, 0.6) is 0 Å². The smallest absolute Gasteiger partial charge is 0.214 e. The molecule has 1 aliphatic rings. The number of hydrogen-bond acceptors (Lipinski definition) is 3. The van der Waals surface area contributed by atoms with Crippen LogP contribution >= 0.6 is 0 Å². The van der Waals surface area contributed by atoms with E-state index < -0.39 is 10.0 Å². The van der Waals surface area contributed by atoms with Crippen LogP contribution in [0.25, 0.3) is 0 Å². The van der Waals surface area contributed by atoms with Gasteiger partial charge in [-0.1, -0.05) is 42.5 Å². The van der Waals surface area contributed by atoms with E-state index >= 15 is 0 Å². The van der Waals surface area contributed by atoms with E-state index in [-0.39, 0.29) is 5.75 Å². The Hall–Kier alpha value is -1.85. The van der Waals surface area contributed by atoms with Crippen molar-refractivity contribution in [1.82, 2.24) is 4.31 Å². The van der Waals surface area contributed by atoms with Crippen molar-refractivity contribution in [3.63, 3.8) is 0 Å². The molecule has 25 heavy (non-hydrogen) atoms. The van der Waals surface area contributed by atoms with Gasteiger partial charge in [-0.05, 0) is 43.0 Å². The van der Waals surface area contributed by atoms with Crippen LogP contribution in [0.3, 0.4) is 0 Å². The van der Waals surface area contributed by atoms with E-state index in [4.69, 9.17) is 0 Å². The molecule has 3 rings (SSSR count). The van der Waals surface area contributed by atoms with Gasteiger partial charge in [0.15, 0.2) is 0 Å². The zero-order valence-corrected chi connectivity index (χ0v) is 15.8. The maximum atomic E-state index is 12.6. The average Bonchev–Trinajstić information content (AvgIpc) is 2.63. The predicted octanol–water partition coefficient (Wildman–Crippen LogP) is 3.00. The Morgan fingerprint density at radius 1 is 0.920 bits per heavy atom. The molecule has 1 fully saturated rings. The molecule has 134 valence electrons. The number of anilines is 1. The van der Waals surface area contributed by atoms with Crippen LogP contribution in [0.2, 0.25) is 0 Å². The monoisotopic (exact) mass is 358 g/mol. The first-order valence-electron chi connectivity index (χ1n) is 8.80. The zero-order chi connectivity index (χ0) is 17.9. The lowest BCUT2D eigenvalue weighted by Gasteiger charge is -2.36. The summed E-state index contributed by atoms with van der Waals surface area (Å²) in [6, 6.07) is 16.2. The summed E-state index contributed by atoms with van der Waals surface area (Å²) < 4.78 is 26.9. The van der Waals surface area contributed by atoms with E-state index in [1.54, 1.807) is 4.31 Å². The summed E-state index contributed by atoms with van der Waals surface area (Å²) in [6.45, 7) is 6.81. The molecule has 0 aliphatic carbocycles. The highest BCUT2D eigenvalue weighted by molar-refractivity contribution is 7.89. The van der Waals surface area contributed by atoms with Gasteiger partial charge in [0.1, 0.15) is 0 Å². The number of nitrogens with zero attached hydrogens (tertiary/aromatic N) is 2. The highest BCUT2D eigenvalue weighted by atomic mass is 32.2. The molecule has 0 radical (unpaired) electrons. The molecule has 0 bridgehead atoms. The van der Waals surface area contributed by atoms with Crippen LogP contribution in [0, 0.1) is 13.8 Å². The first kappa shape index (κ1) is 18.0. The highest BCUT2D eigenvalue weighted by Gasteiger charge is 2.27. The van der Waals surface area contributed by atoms with E-state index in [1.165, 1.54) is 16.8 Å². The fraction of sp³-hybridized carbons (Fsp3) is 0.400. The van der Waals surface area contributed by atoms with Crippen molar-refractivity contribution in [2.75, 3.05) is 36.8 Å². The minimum atomic E-state index is -3.20. The molecule has 0 amide bonds. The van der Waals surface area contributed by atoms with Gasteiger partial charge >= 0.3 is 0 Å². The third-order valence-electron chi connectivity index (χ3n) is 4.83. The topological polar surface area (TPSA) is 40.6 Å². The van der Waals surface area contributed by atoms with Crippen LogP contribution in [0.15, 0.2) is 48.5 Å². The summed E-state index contributed by atoms with van der Waals surface area (Å²) in [7, 11) is -3.20. The minimum absolute atomic E-state index is 0.181. The Morgan fingerprint density at radius 2 is 1.60 bits per heavy atom. The third-order valence-corrected chi connectivity index (χ3v) is 6.70. The molecule has 0 spiro atoms. The maximum absolute atomic E-state index is 12.6. The Bertz CT molecular complexity index is 811. The average molecular weight is 359 g/mol. The van der Waals surface area contributed by atoms with Crippen molar-refractivity contribution in [3.8, 4) is 0 Å². The van der Waals surface area contributed by atoms with Crippen molar-refractivity contribution in [3.05, 3.63) is 65.2 Å². The first-order valence-corrected chi connectivity index (χ1v) is 10.4. The minimum Gasteiger partial charge on any atom is -0.369 e. The zero-order valence-electron chi connectivity index (χ0n) is 15.0. The molecule has 0 aromatic heterocycles. The van der Waals surface area contributed by atoms with E-state index in [0.29, 0.717) is 19.5 Å². The van der Waals surface area contributed by atoms with Gasteiger partial charge in [0.05, 0.1) is 5.75 Å². The van der Waals surface area contributed by atoms with Crippen LogP contribution < -0.4 is 4.90 Å². The van der Waals surface area contributed by atoms with Crippen molar-refractivity contribution in [2.24, 2.45) is 0 Å². The van der Waals surface area contributed by atoms with E-state index in [2.05, 4.69) is 36.9 Å². The van der Waals surface area contributed by atoms with Gasteiger partial charge in [-0.25, -0.2) is 8.42 Å². The van der Waals surface area contributed by atoms with E-state index in [0.717, 1.165) is 18.7 Å². The lowest BCUT2D eigenvalue weighted by atomic mass is 10.1. The summed E-state index contributed by atoms with van der Waals surface area (Å²) in [5, 5.41) is 0. The van der Waals surface area contributed by atoms with Crippen molar-refractivity contribution >= 4 is 15.7 Å². The van der Waals surface area contributed by atoms with E-state index in [1.807, 2.05) is 30.3 Å². The summed E-state index contributed by atoms with van der Waals surface area (Å²) in [5.74, 6) is 0.181. The van der Waals surface area contributed by atoms with Gasteiger partial charge in [0.2, 0.25) is 10.0 Å². The fourth-order valence-electron chi connectivity index (χ4n) is 3.29. The number of piperazine rings is 1. The molecule has 4 nitrogen and oxygen atoms in total. The SMILES string of the molecule is Cc1ccc(C)c(N2CCN(S(=O)(=O)CCc3ccccc3)CC2)c1. The Balaban J connectivity index is 1.60. The van der Waals surface area contributed by atoms with Gasteiger partial charge < -0.3 is 4.90 Å².